The standard InChI is InChI=1S/C16H14N4OS/c1-10-6-2-3-7-11(10)14(21)18-16-20-19-15(22-16)12-8-4-5-9-13(12)17/h2-9H,17H2,1H3,(H,18,20,21). The molecule has 5 nitrogen and oxygen atoms in total. The van der Waals surface area contributed by atoms with Crippen LogP contribution in [0.3, 0.4) is 0 Å². The molecule has 3 aromatic rings. The molecule has 0 spiro atoms. The van der Waals surface area contributed by atoms with Crippen LogP contribution in [0.2, 0.25) is 0 Å². The summed E-state index contributed by atoms with van der Waals surface area (Å²) < 4.78 is 0. The van der Waals surface area contributed by atoms with Crippen LogP contribution in [0.5, 0.6) is 0 Å². The zero-order valence-corrected chi connectivity index (χ0v) is 12.7. The summed E-state index contributed by atoms with van der Waals surface area (Å²) >= 11 is 1.29. The van der Waals surface area contributed by atoms with E-state index in [9.17, 15) is 4.79 Å². The van der Waals surface area contributed by atoms with Gasteiger partial charge in [-0.1, -0.05) is 41.7 Å². The minimum Gasteiger partial charge on any atom is -0.398 e. The molecule has 0 aliphatic rings. The summed E-state index contributed by atoms with van der Waals surface area (Å²) in [5.41, 5.74) is 8.91. The first-order valence-electron chi connectivity index (χ1n) is 6.70. The fraction of sp³-hybridized carbons (Fsp3) is 0.0625. The van der Waals surface area contributed by atoms with Crippen molar-refractivity contribution in [1.82, 2.24) is 10.2 Å². The molecule has 110 valence electrons. The van der Waals surface area contributed by atoms with Crippen LogP contribution in [0.25, 0.3) is 10.6 Å². The predicted octanol–water partition coefficient (Wildman–Crippen LogP) is 3.35. The summed E-state index contributed by atoms with van der Waals surface area (Å²) in [5, 5.41) is 12.0. The summed E-state index contributed by atoms with van der Waals surface area (Å²) in [6.45, 7) is 1.89. The minimum atomic E-state index is -0.193. The largest absolute Gasteiger partial charge is 0.398 e. The fourth-order valence-corrected chi connectivity index (χ4v) is 2.85. The van der Waals surface area contributed by atoms with Gasteiger partial charge in [0.15, 0.2) is 5.01 Å². The molecule has 22 heavy (non-hydrogen) atoms. The van der Waals surface area contributed by atoms with Crippen molar-refractivity contribution in [2.45, 2.75) is 6.92 Å². The fourth-order valence-electron chi connectivity index (χ4n) is 2.07. The van der Waals surface area contributed by atoms with Gasteiger partial charge in [-0.05, 0) is 30.7 Å². The Bertz CT molecular complexity index is 828. The van der Waals surface area contributed by atoms with E-state index in [-0.39, 0.29) is 5.91 Å². The Balaban J connectivity index is 1.82. The van der Waals surface area contributed by atoms with Gasteiger partial charge in [0.2, 0.25) is 5.13 Å². The second kappa shape index (κ2) is 5.95. The molecule has 0 aliphatic heterocycles. The molecule has 6 heteroatoms. The van der Waals surface area contributed by atoms with E-state index in [2.05, 4.69) is 15.5 Å². The third-order valence-electron chi connectivity index (χ3n) is 3.23. The van der Waals surface area contributed by atoms with Crippen molar-refractivity contribution in [3.8, 4) is 10.6 Å². The Kier molecular flexibility index (Phi) is 3.84. The molecule has 0 saturated heterocycles. The molecule has 0 radical (unpaired) electrons. The van der Waals surface area contributed by atoms with E-state index in [0.29, 0.717) is 21.4 Å². The summed E-state index contributed by atoms with van der Waals surface area (Å²) in [6, 6.07) is 14.8. The average Bonchev–Trinajstić information content (AvgIpc) is 2.96. The molecule has 0 fully saturated rings. The molecule has 0 unspecified atom stereocenters. The van der Waals surface area contributed by atoms with E-state index in [1.807, 2.05) is 49.4 Å². The number of hydrogen-bond acceptors (Lipinski definition) is 5. The molecular weight excluding hydrogens is 296 g/mol. The molecule has 3 rings (SSSR count). The molecule has 2 aromatic carbocycles. The lowest BCUT2D eigenvalue weighted by atomic mass is 10.1. The smallest absolute Gasteiger partial charge is 0.257 e. The Morgan fingerprint density at radius 3 is 2.59 bits per heavy atom. The van der Waals surface area contributed by atoms with Gasteiger partial charge in [-0.2, -0.15) is 0 Å². The van der Waals surface area contributed by atoms with Crippen LogP contribution < -0.4 is 11.1 Å². The number of benzene rings is 2. The minimum absolute atomic E-state index is 0.193. The number of amides is 1. The van der Waals surface area contributed by atoms with Crippen LogP contribution in [-0.2, 0) is 0 Å². The maximum atomic E-state index is 12.3. The summed E-state index contributed by atoms with van der Waals surface area (Å²) in [7, 11) is 0. The number of hydrogen-bond donors (Lipinski definition) is 2. The lowest BCUT2D eigenvalue weighted by molar-refractivity contribution is 0.102. The van der Waals surface area contributed by atoms with E-state index < -0.39 is 0 Å². The summed E-state index contributed by atoms with van der Waals surface area (Å²) in [6.07, 6.45) is 0. The van der Waals surface area contributed by atoms with E-state index in [4.69, 9.17) is 5.73 Å². The molecule has 0 bridgehead atoms. The first-order chi connectivity index (χ1) is 10.6. The van der Waals surface area contributed by atoms with Crippen molar-refractivity contribution < 1.29 is 4.79 Å². The van der Waals surface area contributed by atoms with E-state index in [0.717, 1.165) is 11.1 Å². The van der Waals surface area contributed by atoms with Crippen LogP contribution >= 0.6 is 11.3 Å². The van der Waals surface area contributed by atoms with E-state index >= 15 is 0 Å². The highest BCUT2D eigenvalue weighted by molar-refractivity contribution is 7.18. The normalized spacial score (nSPS) is 10.4. The van der Waals surface area contributed by atoms with E-state index in [1.54, 1.807) is 6.07 Å². The number of aromatic nitrogens is 2. The van der Waals surface area contributed by atoms with Crippen molar-refractivity contribution in [2.24, 2.45) is 0 Å². The van der Waals surface area contributed by atoms with Crippen molar-refractivity contribution in [3.63, 3.8) is 0 Å². The van der Waals surface area contributed by atoms with Crippen LogP contribution in [0.15, 0.2) is 48.5 Å². The number of carbonyl (C=O) groups is 1. The third-order valence-corrected chi connectivity index (χ3v) is 4.10. The van der Waals surface area contributed by atoms with Gasteiger partial charge < -0.3 is 5.73 Å². The van der Waals surface area contributed by atoms with Gasteiger partial charge in [0.1, 0.15) is 0 Å². The van der Waals surface area contributed by atoms with Gasteiger partial charge in [-0.3, -0.25) is 10.1 Å². The van der Waals surface area contributed by atoms with Gasteiger partial charge >= 0.3 is 0 Å². The molecule has 0 saturated carbocycles. The molecule has 1 aromatic heterocycles. The first-order valence-corrected chi connectivity index (χ1v) is 7.52. The number of nitrogens with zero attached hydrogens (tertiary/aromatic N) is 2. The van der Waals surface area contributed by atoms with Crippen LogP contribution in [0, 0.1) is 6.92 Å². The number of nitrogen functional groups attached to an aromatic ring is 1. The van der Waals surface area contributed by atoms with Crippen molar-refractivity contribution in [3.05, 3.63) is 59.7 Å². The van der Waals surface area contributed by atoms with Gasteiger partial charge in [-0.15, -0.1) is 10.2 Å². The highest BCUT2D eigenvalue weighted by atomic mass is 32.1. The SMILES string of the molecule is Cc1ccccc1C(=O)Nc1nnc(-c2ccccc2N)s1. The number of nitrogens with one attached hydrogen (secondary N) is 1. The van der Waals surface area contributed by atoms with Crippen LogP contribution in [0.1, 0.15) is 15.9 Å². The van der Waals surface area contributed by atoms with E-state index in [1.165, 1.54) is 11.3 Å². The third kappa shape index (κ3) is 2.82. The topological polar surface area (TPSA) is 80.9 Å². The lowest BCUT2D eigenvalue weighted by Gasteiger charge is -2.04. The second-order valence-corrected chi connectivity index (χ2v) is 5.75. The average molecular weight is 310 g/mol. The van der Waals surface area contributed by atoms with Gasteiger partial charge in [0.05, 0.1) is 0 Å². The lowest BCUT2D eigenvalue weighted by Crippen LogP contribution is -2.12. The van der Waals surface area contributed by atoms with Gasteiger partial charge in [0, 0.05) is 16.8 Å². The molecule has 0 atom stereocenters. The zero-order valence-electron chi connectivity index (χ0n) is 11.9. The Morgan fingerprint density at radius 1 is 1.09 bits per heavy atom. The van der Waals surface area contributed by atoms with Crippen molar-refractivity contribution >= 4 is 28.1 Å². The number of anilines is 2. The quantitative estimate of drug-likeness (QED) is 0.727. The highest BCUT2D eigenvalue weighted by Crippen LogP contribution is 2.30. The predicted molar refractivity (Wildman–Crippen MR) is 88.9 cm³/mol. The van der Waals surface area contributed by atoms with Crippen molar-refractivity contribution in [2.75, 3.05) is 11.1 Å². The molecule has 3 N–H and O–H groups in total. The molecule has 1 heterocycles. The number of nitrogens with two attached hydrogens (primary N) is 1. The zero-order chi connectivity index (χ0) is 15.5. The monoisotopic (exact) mass is 310 g/mol. The van der Waals surface area contributed by atoms with Crippen molar-refractivity contribution in [1.29, 1.82) is 0 Å². The Morgan fingerprint density at radius 2 is 1.82 bits per heavy atom. The number of carbonyl (C=O) groups excluding carboxylic acids is 1. The Labute approximate surface area is 131 Å². The van der Waals surface area contributed by atoms with Crippen LogP contribution in [-0.4, -0.2) is 16.1 Å². The molecular formula is C16H14N4OS. The van der Waals surface area contributed by atoms with Crippen LogP contribution in [0.4, 0.5) is 10.8 Å². The number of aryl methyl sites for hydroxylation is 1. The summed E-state index contributed by atoms with van der Waals surface area (Å²) in [5.74, 6) is -0.193. The van der Waals surface area contributed by atoms with Gasteiger partial charge in [0.25, 0.3) is 5.91 Å². The maximum absolute atomic E-state index is 12.3. The Hall–Kier alpha value is -2.73. The number of rotatable bonds is 3. The maximum Gasteiger partial charge on any atom is 0.257 e. The molecule has 1 amide bonds. The second-order valence-electron chi connectivity index (χ2n) is 4.77. The summed E-state index contributed by atoms with van der Waals surface area (Å²) in [4.78, 5) is 12.3. The highest BCUT2D eigenvalue weighted by Gasteiger charge is 2.13. The molecule has 0 aliphatic carbocycles. The number of para-hydroxylation sites is 1. The van der Waals surface area contributed by atoms with Gasteiger partial charge in [-0.25, -0.2) is 0 Å². The first kappa shape index (κ1) is 14.2.